The number of pyridine rings is 1. The molecule has 8 heteroatoms. The van der Waals surface area contributed by atoms with Gasteiger partial charge in [0.1, 0.15) is 15.4 Å². The molecular weight excluding hydrogens is 388 g/mol. The average molecular weight is 402 g/mol. The van der Waals surface area contributed by atoms with Crippen molar-refractivity contribution in [3.8, 4) is 22.1 Å². The van der Waals surface area contributed by atoms with Crippen LogP contribution in [0.4, 0.5) is 5.69 Å². The molecule has 4 heterocycles. The van der Waals surface area contributed by atoms with Gasteiger partial charge in [-0.1, -0.05) is 16.5 Å². The summed E-state index contributed by atoms with van der Waals surface area (Å²) in [5.74, 6) is 0.561. The SMILES string of the molecule is Cc1cc(-c2nc3cccnc3s2)ccc1NC(=O)c1cc(-c2ccco2)on1. The maximum Gasteiger partial charge on any atom is 0.277 e. The monoisotopic (exact) mass is 402 g/mol. The maximum absolute atomic E-state index is 12.5. The van der Waals surface area contributed by atoms with E-state index in [1.165, 1.54) is 17.6 Å². The number of nitrogens with zero attached hydrogens (tertiary/aromatic N) is 3. The molecule has 5 rings (SSSR count). The Morgan fingerprint density at radius 1 is 1.10 bits per heavy atom. The van der Waals surface area contributed by atoms with Crippen LogP contribution in [0.3, 0.4) is 0 Å². The van der Waals surface area contributed by atoms with E-state index in [1.54, 1.807) is 24.4 Å². The predicted octanol–water partition coefficient (Wildman–Crippen LogP) is 5.17. The standard InChI is InChI=1S/C21H14N4O3S/c1-12-10-13(20-24-15-4-2-8-22-21(15)29-20)6-7-14(12)23-19(26)16-11-18(28-25-16)17-5-3-9-27-17/h2-11H,1H3,(H,23,26). The van der Waals surface area contributed by atoms with Crippen molar-refractivity contribution in [1.82, 2.24) is 15.1 Å². The van der Waals surface area contributed by atoms with Gasteiger partial charge in [-0.15, -0.1) is 0 Å². The molecule has 142 valence electrons. The summed E-state index contributed by atoms with van der Waals surface area (Å²) >= 11 is 1.54. The van der Waals surface area contributed by atoms with Crippen LogP contribution in [0.5, 0.6) is 0 Å². The Hall–Kier alpha value is -3.78. The largest absolute Gasteiger partial charge is 0.461 e. The van der Waals surface area contributed by atoms with Gasteiger partial charge in [0.15, 0.2) is 11.5 Å². The number of furan rings is 1. The minimum absolute atomic E-state index is 0.178. The molecule has 0 spiro atoms. The van der Waals surface area contributed by atoms with Crippen molar-refractivity contribution in [2.24, 2.45) is 0 Å². The average Bonchev–Trinajstić information content (AvgIpc) is 3.48. The van der Waals surface area contributed by atoms with Crippen LogP contribution in [0.1, 0.15) is 16.1 Å². The predicted molar refractivity (Wildman–Crippen MR) is 110 cm³/mol. The molecule has 0 aliphatic rings. The second-order valence-electron chi connectivity index (χ2n) is 6.38. The molecule has 0 aliphatic heterocycles. The normalized spacial score (nSPS) is 11.1. The van der Waals surface area contributed by atoms with Gasteiger partial charge in [0.05, 0.1) is 6.26 Å². The fraction of sp³-hybridized carbons (Fsp3) is 0.0476. The van der Waals surface area contributed by atoms with Crippen molar-refractivity contribution < 1.29 is 13.7 Å². The van der Waals surface area contributed by atoms with Gasteiger partial charge in [0.2, 0.25) is 5.76 Å². The number of thiazole rings is 1. The molecule has 0 saturated heterocycles. The lowest BCUT2D eigenvalue weighted by Crippen LogP contribution is -2.13. The molecule has 1 amide bonds. The second-order valence-corrected chi connectivity index (χ2v) is 7.36. The van der Waals surface area contributed by atoms with Gasteiger partial charge in [-0.05, 0) is 55.0 Å². The van der Waals surface area contributed by atoms with Gasteiger partial charge in [-0.25, -0.2) is 9.97 Å². The lowest BCUT2D eigenvalue weighted by atomic mass is 10.1. The van der Waals surface area contributed by atoms with Gasteiger partial charge in [-0.3, -0.25) is 4.79 Å². The summed E-state index contributed by atoms with van der Waals surface area (Å²) < 4.78 is 10.4. The summed E-state index contributed by atoms with van der Waals surface area (Å²) in [6, 6.07) is 14.6. The van der Waals surface area contributed by atoms with Crippen molar-refractivity contribution in [3.63, 3.8) is 0 Å². The zero-order valence-electron chi connectivity index (χ0n) is 15.2. The van der Waals surface area contributed by atoms with E-state index in [4.69, 9.17) is 8.94 Å². The minimum Gasteiger partial charge on any atom is -0.461 e. The quantitative estimate of drug-likeness (QED) is 0.446. The van der Waals surface area contributed by atoms with E-state index in [0.29, 0.717) is 17.2 Å². The topological polar surface area (TPSA) is 94.1 Å². The number of benzene rings is 1. The van der Waals surface area contributed by atoms with E-state index in [-0.39, 0.29) is 11.6 Å². The first-order chi connectivity index (χ1) is 14.2. The van der Waals surface area contributed by atoms with Crippen LogP contribution < -0.4 is 5.32 Å². The first-order valence-electron chi connectivity index (χ1n) is 8.82. The van der Waals surface area contributed by atoms with Crippen LogP contribution in [0, 0.1) is 6.92 Å². The third-order valence-electron chi connectivity index (χ3n) is 4.39. The number of anilines is 1. The zero-order chi connectivity index (χ0) is 19.8. The number of carbonyl (C=O) groups excluding carboxylic acids is 1. The number of hydrogen-bond acceptors (Lipinski definition) is 7. The number of hydrogen-bond donors (Lipinski definition) is 1. The minimum atomic E-state index is -0.355. The molecule has 29 heavy (non-hydrogen) atoms. The number of nitrogens with one attached hydrogen (secondary N) is 1. The summed E-state index contributed by atoms with van der Waals surface area (Å²) in [4.78, 5) is 22.4. The molecular formula is C21H14N4O3S. The molecule has 0 radical (unpaired) electrons. The molecule has 5 aromatic rings. The smallest absolute Gasteiger partial charge is 0.277 e. The third kappa shape index (κ3) is 3.30. The number of amides is 1. The van der Waals surface area contributed by atoms with Crippen molar-refractivity contribution in [3.05, 3.63) is 72.2 Å². The van der Waals surface area contributed by atoms with Crippen LogP contribution in [-0.2, 0) is 0 Å². The Balaban J connectivity index is 1.37. The Labute approximate surface area is 169 Å². The third-order valence-corrected chi connectivity index (χ3v) is 5.42. The molecule has 4 aromatic heterocycles. The number of aromatic nitrogens is 3. The lowest BCUT2D eigenvalue weighted by molar-refractivity contribution is 0.101. The molecule has 0 bridgehead atoms. The highest BCUT2D eigenvalue weighted by molar-refractivity contribution is 7.21. The molecule has 0 atom stereocenters. The lowest BCUT2D eigenvalue weighted by Gasteiger charge is -2.08. The van der Waals surface area contributed by atoms with Crippen LogP contribution in [0.2, 0.25) is 0 Å². The Morgan fingerprint density at radius 2 is 2.03 bits per heavy atom. The van der Waals surface area contributed by atoms with Gasteiger partial charge in [0, 0.05) is 23.5 Å². The summed E-state index contributed by atoms with van der Waals surface area (Å²) in [6.45, 7) is 1.93. The summed E-state index contributed by atoms with van der Waals surface area (Å²) in [6.07, 6.45) is 3.29. The number of fused-ring (bicyclic) bond motifs is 1. The summed E-state index contributed by atoms with van der Waals surface area (Å²) in [5, 5.41) is 7.58. The fourth-order valence-electron chi connectivity index (χ4n) is 2.93. The van der Waals surface area contributed by atoms with Crippen molar-refractivity contribution in [2.45, 2.75) is 6.92 Å². The van der Waals surface area contributed by atoms with E-state index in [2.05, 4.69) is 20.4 Å². The van der Waals surface area contributed by atoms with E-state index >= 15 is 0 Å². The van der Waals surface area contributed by atoms with Crippen LogP contribution in [-0.4, -0.2) is 21.0 Å². The Morgan fingerprint density at radius 3 is 2.83 bits per heavy atom. The van der Waals surface area contributed by atoms with Crippen LogP contribution >= 0.6 is 11.3 Å². The first-order valence-corrected chi connectivity index (χ1v) is 9.63. The Bertz CT molecular complexity index is 1290. The second kappa shape index (κ2) is 6.99. The Kier molecular flexibility index (Phi) is 4.18. The highest BCUT2D eigenvalue weighted by Crippen LogP contribution is 2.31. The summed E-state index contributed by atoms with van der Waals surface area (Å²) in [5.41, 5.74) is 3.64. The first kappa shape index (κ1) is 17.3. The maximum atomic E-state index is 12.5. The molecule has 0 fully saturated rings. The molecule has 7 nitrogen and oxygen atoms in total. The molecule has 0 saturated carbocycles. The zero-order valence-corrected chi connectivity index (χ0v) is 16.1. The van der Waals surface area contributed by atoms with Crippen molar-refractivity contribution in [2.75, 3.05) is 5.32 Å². The number of carbonyl (C=O) groups is 1. The van der Waals surface area contributed by atoms with E-state index < -0.39 is 0 Å². The van der Waals surface area contributed by atoms with E-state index in [0.717, 1.165) is 26.5 Å². The van der Waals surface area contributed by atoms with Crippen LogP contribution in [0.15, 0.2) is 69.9 Å². The van der Waals surface area contributed by atoms with E-state index in [1.807, 2.05) is 37.3 Å². The fourth-order valence-corrected chi connectivity index (χ4v) is 3.84. The highest BCUT2D eigenvalue weighted by Gasteiger charge is 2.16. The molecule has 1 aromatic carbocycles. The van der Waals surface area contributed by atoms with E-state index in [9.17, 15) is 4.79 Å². The number of aryl methyl sites for hydroxylation is 1. The molecule has 0 unspecified atom stereocenters. The van der Waals surface area contributed by atoms with Gasteiger partial charge < -0.3 is 14.3 Å². The van der Waals surface area contributed by atoms with Gasteiger partial charge in [-0.2, -0.15) is 0 Å². The summed E-state index contributed by atoms with van der Waals surface area (Å²) in [7, 11) is 0. The van der Waals surface area contributed by atoms with Crippen molar-refractivity contribution in [1.29, 1.82) is 0 Å². The highest BCUT2D eigenvalue weighted by atomic mass is 32.1. The number of rotatable bonds is 4. The van der Waals surface area contributed by atoms with Gasteiger partial charge >= 0.3 is 0 Å². The molecule has 0 aliphatic carbocycles. The van der Waals surface area contributed by atoms with Crippen LogP contribution in [0.25, 0.3) is 32.4 Å². The van der Waals surface area contributed by atoms with Gasteiger partial charge in [0.25, 0.3) is 5.91 Å². The molecule has 1 N–H and O–H groups in total. The van der Waals surface area contributed by atoms with Crippen molar-refractivity contribution >= 4 is 33.3 Å².